The van der Waals surface area contributed by atoms with Crippen molar-refractivity contribution < 1.29 is 9.47 Å². The van der Waals surface area contributed by atoms with Crippen LogP contribution in [0, 0.1) is 11.8 Å². The van der Waals surface area contributed by atoms with E-state index in [0.717, 1.165) is 19.3 Å². The fraction of sp³-hybridized carbons (Fsp3) is 0.429. The van der Waals surface area contributed by atoms with Crippen molar-refractivity contribution in [1.82, 2.24) is 0 Å². The summed E-state index contributed by atoms with van der Waals surface area (Å²) in [6.07, 6.45) is 10.6. The van der Waals surface area contributed by atoms with Gasteiger partial charge in [-0.3, -0.25) is 0 Å². The maximum Gasteiger partial charge on any atom is 0.113 e. The lowest BCUT2D eigenvalue weighted by atomic mass is 9.87. The average molecular weight is 393 g/mol. The van der Waals surface area contributed by atoms with Gasteiger partial charge in [0, 0.05) is 0 Å². The first-order chi connectivity index (χ1) is 11.7. The lowest BCUT2D eigenvalue weighted by molar-refractivity contribution is 0.0931. The van der Waals surface area contributed by atoms with E-state index in [2.05, 4.69) is 54.2 Å². The Balaban J connectivity index is 2.42. The topological polar surface area (TPSA) is 18.5 Å². The van der Waals surface area contributed by atoms with Gasteiger partial charge in [-0.25, -0.2) is 0 Å². The molecule has 1 rings (SSSR count). The molecule has 0 aliphatic rings. The van der Waals surface area contributed by atoms with Crippen LogP contribution in [-0.4, -0.2) is 11.6 Å². The van der Waals surface area contributed by atoms with E-state index in [1.807, 2.05) is 24.3 Å². The van der Waals surface area contributed by atoms with Gasteiger partial charge in [-0.05, 0) is 42.7 Å². The van der Waals surface area contributed by atoms with E-state index in [4.69, 9.17) is 9.47 Å². The highest BCUT2D eigenvalue weighted by molar-refractivity contribution is 9.09. The van der Waals surface area contributed by atoms with Crippen molar-refractivity contribution in [2.24, 2.45) is 11.8 Å². The first kappa shape index (κ1) is 20.7. The first-order valence-electron chi connectivity index (χ1n) is 8.47. The van der Waals surface area contributed by atoms with Crippen LogP contribution in [0.1, 0.15) is 31.7 Å². The summed E-state index contributed by atoms with van der Waals surface area (Å²) < 4.78 is 11.3. The molecule has 0 saturated heterocycles. The molecule has 0 aromatic heterocycles. The molecule has 0 N–H and O–H groups in total. The number of hydrogen-bond acceptors (Lipinski definition) is 2. The Morgan fingerprint density at radius 2 is 1.88 bits per heavy atom. The molecule has 0 bridgehead atoms. The van der Waals surface area contributed by atoms with Crippen LogP contribution in [0.15, 0.2) is 68.0 Å². The van der Waals surface area contributed by atoms with Gasteiger partial charge >= 0.3 is 0 Å². The third-order valence-electron chi connectivity index (χ3n) is 3.91. The molecule has 0 aliphatic heterocycles. The molecule has 2 nitrogen and oxygen atoms in total. The zero-order valence-electron chi connectivity index (χ0n) is 14.6. The Labute approximate surface area is 155 Å². The second-order valence-corrected chi connectivity index (χ2v) is 6.92. The Hall–Kier alpha value is -1.32. The summed E-state index contributed by atoms with van der Waals surface area (Å²) in [6, 6.07) is 10.2. The normalized spacial score (nSPS) is 14.9. The van der Waals surface area contributed by atoms with Gasteiger partial charge in [0.25, 0.3) is 0 Å². The van der Waals surface area contributed by atoms with Crippen molar-refractivity contribution in [3.8, 4) is 0 Å². The highest BCUT2D eigenvalue weighted by Crippen LogP contribution is 2.25. The number of halogens is 1. The summed E-state index contributed by atoms with van der Waals surface area (Å²) in [5.41, 5.74) is 1.19. The van der Waals surface area contributed by atoms with E-state index in [9.17, 15) is 0 Å². The second kappa shape index (κ2) is 13.0. The van der Waals surface area contributed by atoms with Crippen LogP contribution < -0.4 is 0 Å². The lowest BCUT2D eigenvalue weighted by Crippen LogP contribution is -2.13. The Bertz CT molecular complexity index is 484. The summed E-state index contributed by atoms with van der Waals surface area (Å²) in [5.74, 6) is 0.966. The van der Waals surface area contributed by atoms with Crippen LogP contribution in [0.5, 0.6) is 0 Å². The van der Waals surface area contributed by atoms with Gasteiger partial charge in [0.1, 0.15) is 11.6 Å². The average Bonchev–Trinajstić information content (AvgIpc) is 2.60. The van der Waals surface area contributed by atoms with Crippen molar-refractivity contribution in [3.05, 3.63) is 73.5 Å². The summed E-state index contributed by atoms with van der Waals surface area (Å²) >= 11 is 3.63. The molecule has 1 unspecified atom stereocenters. The monoisotopic (exact) mass is 392 g/mol. The van der Waals surface area contributed by atoms with Crippen LogP contribution in [0.4, 0.5) is 0 Å². The molecule has 0 spiro atoms. The van der Waals surface area contributed by atoms with Crippen LogP contribution in [0.25, 0.3) is 0 Å². The van der Waals surface area contributed by atoms with E-state index in [1.54, 1.807) is 12.3 Å². The van der Waals surface area contributed by atoms with Crippen LogP contribution in [0.2, 0.25) is 0 Å². The Morgan fingerprint density at radius 3 is 2.54 bits per heavy atom. The first-order valence-corrected chi connectivity index (χ1v) is 9.38. The molecular weight excluding hydrogens is 364 g/mol. The van der Waals surface area contributed by atoms with Gasteiger partial charge in [0.15, 0.2) is 0 Å². The van der Waals surface area contributed by atoms with E-state index in [1.165, 1.54) is 5.56 Å². The van der Waals surface area contributed by atoms with Crippen molar-refractivity contribution in [3.63, 3.8) is 0 Å². The van der Waals surface area contributed by atoms with Crippen molar-refractivity contribution >= 4 is 15.9 Å². The van der Waals surface area contributed by atoms with E-state index in [-0.39, 0.29) is 5.01 Å². The van der Waals surface area contributed by atoms with E-state index < -0.39 is 0 Å². The fourth-order valence-corrected chi connectivity index (χ4v) is 2.85. The largest absolute Gasteiger partial charge is 0.497 e. The van der Waals surface area contributed by atoms with Gasteiger partial charge < -0.3 is 9.47 Å². The van der Waals surface area contributed by atoms with Crippen LogP contribution in [0.3, 0.4) is 0 Å². The molecular formula is C21H29BrO2. The maximum atomic E-state index is 5.89. The molecule has 24 heavy (non-hydrogen) atoms. The van der Waals surface area contributed by atoms with Crippen LogP contribution >= 0.6 is 15.9 Å². The SMILES string of the molecule is C=CCO/C=C/[C@@H](CCC(Br)OCc1ccccc1)[C@@H](C)CC=C. The van der Waals surface area contributed by atoms with Crippen LogP contribution in [-0.2, 0) is 16.1 Å². The third kappa shape index (κ3) is 9.09. The lowest BCUT2D eigenvalue weighted by Gasteiger charge is -2.21. The predicted octanol–water partition coefficient (Wildman–Crippen LogP) is 6.25. The van der Waals surface area contributed by atoms with Gasteiger partial charge in [-0.2, -0.15) is 0 Å². The number of ether oxygens (including phenoxy) is 2. The molecule has 132 valence electrons. The minimum Gasteiger partial charge on any atom is -0.497 e. The van der Waals surface area contributed by atoms with Gasteiger partial charge in [0.2, 0.25) is 0 Å². The molecule has 0 radical (unpaired) electrons. The third-order valence-corrected chi connectivity index (χ3v) is 4.63. The Morgan fingerprint density at radius 1 is 1.12 bits per heavy atom. The maximum absolute atomic E-state index is 5.89. The van der Waals surface area contributed by atoms with Gasteiger partial charge in [-0.1, -0.05) is 71.9 Å². The molecule has 0 heterocycles. The molecule has 0 fully saturated rings. The quantitative estimate of drug-likeness (QED) is 0.171. The fourth-order valence-electron chi connectivity index (χ4n) is 2.46. The summed E-state index contributed by atoms with van der Waals surface area (Å²) in [6.45, 7) is 10.9. The second-order valence-electron chi connectivity index (χ2n) is 5.90. The summed E-state index contributed by atoms with van der Waals surface area (Å²) in [5, 5.41) is 0.0543. The number of alkyl halides is 1. The Kier molecular flexibility index (Phi) is 11.2. The minimum absolute atomic E-state index is 0.0543. The van der Waals surface area contributed by atoms with Crippen molar-refractivity contribution in [2.45, 2.75) is 37.8 Å². The van der Waals surface area contributed by atoms with E-state index in [0.29, 0.717) is 25.0 Å². The summed E-state index contributed by atoms with van der Waals surface area (Å²) in [4.78, 5) is 0. The van der Waals surface area contributed by atoms with Gasteiger partial charge in [0.05, 0.1) is 12.9 Å². The van der Waals surface area contributed by atoms with Gasteiger partial charge in [-0.15, -0.1) is 6.58 Å². The zero-order chi connectivity index (χ0) is 17.6. The molecule has 1 aromatic carbocycles. The molecule has 0 amide bonds. The molecule has 3 atom stereocenters. The molecule has 1 aromatic rings. The zero-order valence-corrected chi connectivity index (χ0v) is 16.2. The smallest absolute Gasteiger partial charge is 0.113 e. The molecule has 3 heteroatoms. The summed E-state index contributed by atoms with van der Waals surface area (Å²) in [7, 11) is 0. The minimum atomic E-state index is 0.0543. The number of rotatable bonds is 13. The van der Waals surface area contributed by atoms with E-state index >= 15 is 0 Å². The number of allylic oxidation sites excluding steroid dienone is 2. The highest BCUT2D eigenvalue weighted by Gasteiger charge is 2.16. The van der Waals surface area contributed by atoms with Crippen molar-refractivity contribution in [1.29, 1.82) is 0 Å². The number of benzene rings is 1. The molecule has 0 aliphatic carbocycles. The standard InChI is InChI=1S/C21H29BrO2/c1-4-9-18(3)20(14-16-23-15-5-2)12-13-21(22)24-17-19-10-7-6-8-11-19/h4-8,10-11,14,16,18,20-21H,1-2,9,12-13,15,17H2,3H3/b16-14+/t18-,20+,21?/m0/s1. The molecule has 0 saturated carbocycles. The predicted molar refractivity (Wildman–Crippen MR) is 106 cm³/mol. The number of hydrogen-bond donors (Lipinski definition) is 0. The van der Waals surface area contributed by atoms with Crippen molar-refractivity contribution in [2.75, 3.05) is 6.61 Å². The highest BCUT2D eigenvalue weighted by atomic mass is 79.9.